The van der Waals surface area contributed by atoms with Gasteiger partial charge in [0.2, 0.25) is 11.8 Å². The fraction of sp³-hybridized carbons (Fsp3) is 0.515. The number of aliphatic hydroxyl groups excluding tert-OH is 3. The molecule has 4 amide bonds. The van der Waals surface area contributed by atoms with Gasteiger partial charge in [0.05, 0.1) is 46.5 Å². The summed E-state index contributed by atoms with van der Waals surface area (Å²) in [5.74, 6) is -4.78. The smallest absolute Gasteiger partial charge is 0.410 e. The Morgan fingerprint density at radius 1 is 0.845 bits per heavy atom. The molecule has 6 aliphatic rings. The molecule has 2 aliphatic heterocycles. The van der Waals surface area contributed by atoms with Gasteiger partial charge < -0.3 is 65.9 Å². The van der Waals surface area contributed by atoms with E-state index in [4.69, 9.17) is 30.0 Å². The number of fused-ring (bicyclic) bond motifs is 2. The Morgan fingerprint density at radius 2 is 1.59 bits per heavy atom. The van der Waals surface area contributed by atoms with E-state index in [-0.39, 0.29) is 65.4 Å². The number of nitrogens with one attached hydrogen (secondary N) is 3. The molecule has 4 saturated carbocycles. The predicted octanol–water partition coefficient (Wildman–Crippen LogP) is 6.33. The molecule has 5 fully saturated rings. The number of aliphatic hydroxyl groups is 3. The first-order chi connectivity index (χ1) is 45.8. The van der Waals surface area contributed by atoms with Crippen LogP contribution in [0.25, 0.3) is 21.3 Å². The molecule has 27 nitrogen and oxygen atoms in total. The Labute approximate surface area is 564 Å². The van der Waals surface area contributed by atoms with Gasteiger partial charge >= 0.3 is 18.0 Å². The van der Waals surface area contributed by atoms with Gasteiger partial charge in [-0.25, -0.2) is 24.4 Å². The van der Waals surface area contributed by atoms with Gasteiger partial charge in [-0.2, -0.15) is 13.5 Å². The maximum absolute atomic E-state index is 14.2. The van der Waals surface area contributed by atoms with Crippen LogP contribution < -0.4 is 26.6 Å². The maximum Gasteiger partial charge on any atom is 0.410 e. The van der Waals surface area contributed by atoms with Crippen molar-refractivity contribution < 1.29 is 81.5 Å². The van der Waals surface area contributed by atoms with Gasteiger partial charge in [-0.1, -0.05) is 69.4 Å². The number of ether oxygens (including phenoxy) is 3. The summed E-state index contributed by atoms with van der Waals surface area (Å²) >= 11 is 1.39. The van der Waals surface area contributed by atoms with Crippen LogP contribution in [0.1, 0.15) is 128 Å². The normalized spacial score (nSPS) is 25.7. The molecule has 4 aliphatic carbocycles. The quantitative estimate of drug-likeness (QED) is 0.0280. The molecule has 3 aromatic carbocycles. The number of hydrogen-bond acceptors (Lipinski definition) is 20. The van der Waals surface area contributed by atoms with Crippen molar-refractivity contribution in [2.24, 2.45) is 27.9 Å². The molecule has 5 heterocycles. The minimum absolute atomic E-state index is 0.0291. The van der Waals surface area contributed by atoms with E-state index in [1.54, 1.807) is 38.2 Å². The van der Waals surface area contributed by atoms with E-state index in [2.05, 4.69) is 34.8 Å². The number of rotatable bonds is 25. The first-order valence-corrected chi connectivity index (χ1v) is 35.0. The van der Waals surface area contributed by atoms with Crippen molar-refractivity contribution in [1.82, 2.24) is 30.0 Å². The van der Waals surface area contributed by atoms with E-state index in [1.807, 2.05) is 59.0 Å². The van der Waals surface area contributed by atoms with Crippen molar-refractivity contribution in [2.75, 3.05) is 47.5 Å². The summed E-state index contributed by atoms with van der Waals surface area (Å²) in [6, 6.07) is 19.6. The van der Waals surface area contributed by atoms with E-state index in [9.17, 15) is 67.3 Å². The summed E-state index contributed by atoms with van der Waals surface area (Å²) in [6.45, 7) is 11.7. The van der Waals surface area contributed by atoms with Crippen LogP contribution in [0, 0.1) is 29.1 Å². The molecule has 11 atom stereocenters. The van der Waals surface area contributed by atoms with Crippen molar-refractivity contribution in [1.29, 1.82) is 0 Å². The third-order valence-corrected chi connectivity index (χ3v) is 21.5. The highest BCUT2D eigenvalue weighted by Gasteiger charge is 2.66. The number of benzene rings is 3. The highest BCUT2D eigenvalue weighted by Crippen LogP contribution is 2.72. The van der Waals surface area contributed by atoms with Gasteiger partial charge in [-0.3, -0.25) is 28.9 Å². The standard InChI is InChI=1S/C68H84N10O17S2/c1-37(2)52(69)60(84)71-38(3)58(82)72-43-16-14-42(41(26-43)15-18-49-54(79)55(80)56(81)57(95-49)62(87)88)29-93-64(89)76(23-25-97(90,91)92)22-24-94-68-33-65(5)30-66(6,34-68)32-67(31-65,35-68)36-78-39(4)46(27-70-78)44-17-19-51(74-53(44)61(85)86)77-21-20-40-10-9-11-45(47(40)28-77)59(83)75-63-73-48-12-7-8-13-50(48)96-63/h7-14,16-17,19,26-27,37-38,49,52,54-57,79-81H,15,18,20-25,28-36,69H2,1-6H3,(H,71,84)(H,72,82)(H,85,86)(H,87,88)(H,73,75,83)(H,90,91,92)/t38-,49+,52-,54+,55-,56+,57+,65-,66+,67?,68?/m1/s1. The molecule has 1 saturated heterocycles. The van der Waals surface area contributed by atoms with Gasteiger partial charge in [-0.05, 0) is 159 Å². The van der Waals surface area contributed by atoms with E-state index < -0.39 is 107 Å². The van der Waals surface area contributed by atoms with Gasteiger partial charge in [-0.15, -0.1) is 0 Å². The number of carboxylic acid groups (broad SMARTS) is 2. The number of aryl methyl sites for hydroxylation is 1. The summed E-state index contributed by atoms with van der Waals surface area (Å²) in [5.41, 5.74) is 10.4. The molecule has 11 N–H and O–H groups in total. The van der Waals surface area contributed by atoms with Crippen LogP contribution in [-0.4, -0.2) is 179 Å². The zero-order valence-electron chi connectivity index (χ0n) is 54.9. The fourth-order valence-electron chi connectivity index (χ4n) is 16.2. The number of aromatic carboxylic acids is 1. The van der Waals surface area contributed by atoms with Crippen LogP contribution in [0.5, 0.6) is 0 Å². The zero-order chi connectivity index (χ0) is 69.7. The van der Waals surface area contributed by atoms with E-state index in [1.165, 1.54) is 30.4 Å². The lowest BCUT2D eigenvalue weighted by Gasteiger charge is -2.69. The summed E-state index contributed by atoms with van der Waals surface area (Å²) in [5, 5.41) is 65.9. The van der Waals surface area contributed by atoms with Gasteiger partial charge in [0.25, 0.3) is 16.0 Å². The minimum atomic E-state index is -4.59. The number of aromatic nitrogens is 4. The number of nitrogens with zero attached hydrogens (tertiary/aromatic N) is 6. The van der Waals surface area contributed by atoms with Crippen LogP contribution in [0.3, 0.4) is 0 Å². The summed E-state index contributed by atoms with van der Waals surface area (Å²) in [4.78, 5) is 91.7. The summed E-state index contributed by atoms with van der Waals surface area (Å²) in [6.07, 6.45) is -2.72. The minimum Gasteiger partial charge on any atom is -0.479 e. The second-order valence-corrected chi connectivity index (χ2v) is 30.8. The topological polar surface area (TPSA) is 398 Å². The number of anilines is 3. The highest BCUT2D eigenvalue weighted by molar-refractivity contribution is 7.85. The van der Waals surface area contributed by atoms with Crippen molar-refractivity contribution in [3.63, 3.8) is 0 Å². The van der Waals surface area contributed by atoms with Crippen molar-refractivity contribution in [3.8, 4) is 11.1 Å². The van der Waals surface area contributed by atoms with Crippen LogP contribution >= 0.6 is 11.3 Å². The first-order valence-electron chi connectivity index (χ1n) is 32.5. The molecule has 520 valence electrons. The van der Waals surface area contributed by atoms with Crippen LogP contribution in [0.2, 0.25) is 0 Å². The number of thiazole rings is 1. The Bertz CT molecular complexity index is 4090. The lowest BCUT2D eigenvalue weighted by Crippen LogP contribution is -2.64. The van der Waals surface area contributed by atoms with Gasteiger partial charge in [0, 0.05) is 60.8 Å². The number of carbonyl (C=O) groups excluding carboxylic acids is 4. The van der Waals surface area contributed by atoms with Crippen LogP contribution in [-0.2, 0) is 71.3 Å². The molecular formula is C68H84N10O17S2. The van der Waals surface area contributed by atoms with E-state index >= 15 is 0 Å². The lowest BCUT2D eigenvalue weighted by molar-refractivity contribution is -0.248. The number of carboxylic acids is 2. The van der Waals surface area contributed by atoms with Crippen molar-refractivity contribution in [3.05, 3.63) is 118 Å². The average molecular weight is 1380 g/mol. The van der Waals surface area contributed by atoms with Crippen LogP contribution in [0.4, 0.5) is 21.4 Å². The second kappa shape index (κ2) is 27.7. The Morgan fingerprint density at radius 3 is 2.29 bits per heavy atom. The monoisotopic (exact) mass is 1380 g/mol. The second-order valence-electron chi connectivity index (χ2n) is 28.2. The van der Waals surface area contributed by atoms with Crippen molar-refractivity contribution >= 4 is 84.1 Å². The molecular weight excluding hydrogens is 1290 g/mol. The zero-order valence-corrected chi connectivity index (χ0v) is 56.5. The first kappa shape index (κ1) is 70.3. The summed E-state index contributed by atoms with van der Waals surface area (Å²) in [7, 11) is -4.59. The lowest BCUT2D eigenvalue weighted by atomic mass is 9.39. The molecule has 29 heteroatoms. The third kappa shape index (κ3) is 15.5. The number of nitrogens with two attached hydrogens (primary N) is 1. The predicted molar refractivity (Wildman–Crippen MR) is 357 cm³/mol. The molecule has 97 heavy (non-hydrogen) atoms. The molecule has 12 rings (SSSR count). The number of para-hydroxylation sites is 1. The highest BCUT2D eigenvalue weighted by atomic mass is 32.2. The Balaban J connectivity index is 0.771. The third-order valence-electron chi connectivity index (χ3n) is 19.9. The van der Waals surface area contributed by atoms with E-state index in [0.717, 1.165) is 64.0 Å². The van der Waals surface area contributed by atoms with Gasteiger partial charge in [0.15, 0.2) is 16.9 Å². The fourth-order valence-corrected chi connectivity index (χ4v) is 17.6. The molecule has 4 bridgehead atoms. The maximum atomic E-state index is 14.2. The molecule has 0 spiro atoms. The van der Waals surface area contributed by atoms with E-state index in [0.29, 0.717) is 71.2 Å². The molecule has 6 aromatic rings. The number of pyridine rings is 1. The number of hydrogen-bond donors (Lipinski definition) is 10. The Hall–Kier alpha value is -8.00. The molecule has 0 radical (unpaired) electrons. The average Bonchev–Trinajstić information content (AvgIpc) is 0.822. The SMILES string of the molecule is Cc1c(-c2ccc(N3CCc4cccc(C(=O)Nc5nc6ccccc6s5)c4C3)nc2C(=O)O)cnn1CC12CC3(OCCN(CCS(=O)(=O)O)C(=O)OCc4ccc(NC(=O)[C@@H](C)NC(=O)[C@H](N)C(C)C)cc4CC[C@@H]4O[C@H](C(=O)O)[C@@H](O)[C@H](O)[C@H]4O)C[C@](C)(C1)C[C@](C)(C2)C3. The number of carbonyl (C=O) groups is 6. The largest absolute Gasteiger partial charge is 0.479 e. The Kier molecular flexibility index (Phi) is 20.1. The van der Waals surface area contributed by atoms with Crippen molar-refractivity contribution in [2.45, 2.75) is 167 Å². The summed E-state index contributed by atoms with van der Waals surface area (Å²) < 4.78 is 55.6. The van der Waals surface area contributed by atoms with Gasteiger partial charge in [0.1, 0.15) is 36.8 Å². The molecule has 3 aromatic heterocycles. The number of aliphatic carboxylic acids is 1. The van der Waals surface area contributed by atoms with Crippen LogP contribution in [0.15, 0.2) is 79.0 Å². The number of amides is 4. The molecule has 2 unspecified atom stereocenters.